The van der Waals surface area contributed by atoms with Gasteiger partial charge in [-0.2, -0.15) is 0 Å². The molecule has 0 bridgehead atoms. The van der Waals surface area contributed by atoms with Crippen molar-refractivity contribution >= 4 is 34.5 Å². The second-order valence-electron chi connectivity index (χ2n) is 7.27. The second kappa shape index (κ2) is 10.5. The van der Waals surface area contributed by atoms with Gasteiger partial charge in [-0.15, -0.1) is 0 Å². The molecule has 168 valence electrons. The van der Waals surface area contributed by atoms with Crippen LogP contribution in [-0.4, -0.2) is 34.0 Å². The molecule has 0 spiro atoms. The number of amides is 2. The van der Waals surface area contributed by atoms with Gasteiger partial charge < -0.3 is 21.7 Å². The van der Waals surface area contributed by atoms with Crippen LogP contribution in [0, 0.1) is 6.92 Å². The first-order chi connectivity index (χ1) is 14.1. The van der Waals surface area contributed by atoms with Crippen LogP contribution in [0.25, 0.3) is 10.8 Å². The monoisotopic (exact) mass is 434 g/mol. The van der Waals surface area contributed by atoms with Gasteiger partial charge in [-0.25, -0.2) is 9.59 Å². The van der Waals surface area contributed by atoms with Crippen LogP contribution in [0.3, 0.4) is 0 Å². The van der Waals surface area contributed by atoms with Gasteiger partial charge in [0.25, 0.3) is 0 Å². The fourth-order valence-electron chi connectivity index (χ4n) is 3.95. The largest absolute Gasteiger partial charge is 0.478 e. The Morgan fingerprint density at radius 3 is 1.68 bits per heavy atom. The molecule has 0 saturated carbocycles. The Morgan fingerprint density at radius 2 is 1.26 bits per heavy atom. The highest BCUT2D eigenvalue weighted by molar-refractivity contribution is 6.24. The summed E-state index contributed by atoms with van der Waals surface area (Å²) >= 11 is 0. The molecule has 2 rings (SSSR count). The fourth-order valence-corrected chi connectivity index (χ4v) is 3.95. The van der Waals surface area contributed by atoms with Crippen molar-refractivity contribution < 1.29 is 34.1 Å². The van der Waals surface area contributed by atoms with E-state index in [4.69, 9.17) is 11.5 Å². The first-order valence-electron chi connectivity index (χ1n) is 9.81. The van der Waals surface area contributed by atoms with Crippen molar-refractivity contribution in [2.45, 2.75) is 52.4 Å². The lowest BCUT2D eigenvalue weighted by atomic mass is 9.83. The molecule has 0 aromatic heterocycles. The van der Waals surface area contributed by atoms with E-state index < -0.39 is 23.8 Å². The van der Waals surface area contributed by atoms with Crippen LogP contribution in [-0.2, 0) is 6.42 Å². The maximum Gasteiger partial charge on any atom is 0.336 e. The average Bonchev–Trinajstić information content (AvgIpc) is 2.66. The molecular weight excluding hydrogens is 407 g/mol. The van der Waals surface area contributed by atoms with Crippen molar-refractivity contribution in [2.75, 3.05) is 0 Å². The zero-order chi connectivity index (χ0) is 22.6. The van der Waals surface area contributed by atoms with Crippen molar-refractivity contribution in [2.24, 2.45) is 11.5 Å². The molecule has 0 aliphatic heterocycles. The molecule has 0 atom stereocenters. The van der Waals surface area contributed by atoms with Gasteiger partial charge in [0, 0.05) is 10.8 Å². The Morgan fingerprint density at radius 1 is 0.806 bits per heavy atom. The Kier molecular flexibility index (Phi) is 8.66. The Labute approximate surface area is 178 Å². The number of benzene rings is 2. The van der Waals surface area contributed by atoms with Crippen LogP contribution in [0.5, 0.6) is 0 Å². The van der Waals surface area contributed by atoms with Gasteiger partial charge in [0.1, 0.15) is 0 Å². The van der Waals surface area contributed by atoms with E-state index in [1.165, 1.54) is 0 Å². The van der Waals surface area contributed by atoms with Crippen molar-refractivity contribution in [3.05, 3.63) is 45.5 Å². The van der Waals surface area contributed by atoms with Crippen LogP contribution < -0.4 is 11.5 Å². The lowest BCUT2D eigenvalue weighted by Gasteiger charge is -2.20. The zero-order valence-corrected chi connectivity index (χ0v) is 17.5. The number of fused-ring (bicyclic) bond motifs is 1. The summed E-state index contributed by atoms with van der Waals surface area (Å²) in [5.41, 5.74) is 11.2. The van der Waals surface area contributed by atoms with E-state index in [9.17, 15) is 29.4 Å². The molecule has 8 nitrogen and oxygen atoms in total. The van der Waals surface area contributed by atoms with Gasteiger partial charge in [-0.3, -0.25) is 14.3 Å². The molecule has 31 heavy (non-hydrogen) atoms. The van der Waals surface area contributed by atoms with Gasteiger partial charge in [-0.1, -0.05) is 32.6 Å². The van der Waals surface area contributed by atoms with E-state index in [1.54, 1.807) is 6.92 Å². The number of nitrogens with two attached hydrogens (primary N) is 2. The number of halogens is 1. The third-order valence-corrected chi connectivity index (χ3v) is 5.32. The lowest BCUT2D eigenvalue weighted by Crippen LogP contribution is -2.22. The highest BCUT2D eigenvalue weighted by Gasteiger charge is 2.29. The summed E-state index contributed by atoms with van der Waals surface area (Å²) in [6.07, 6.45) is 5.11. The van der Waals surface area contributed by atoms with E-state index in [0.29, 0.717) is 24.0 Å². The first kappa shape index (κ1) is 25.5. The maximum absolute atomic E-state index is 12.4. The third-order valence-electron chi connectivity index (χ3n) is 5.32. The smallest absolute Gasteiger partial charge is 0.336 e. The van der Waals surface area contributed by atoms with E-state index in [-0.39, 0.29) is 37.7 Å². The summed E-state index contributed by atoms with van der Waals surface area (Å²) in [6, 6.07) is 2.20. The Balaban J connectivity index is 0.00000480. The molecule has 0 saturated heterocycles. The fraction of sp³-hybridized carbons (Fsp3) is 0.364. The molecule has 9 heteroatoms. The molecule has 0 aliphatic carbocycles. The van der Waals surface area contributed by atoms with Gasteiger partial charge in [0.15, 0.2) is 0 Å². The quantitative estimate of drug-likeness (QED) is 0.419. The SMILES string of the molecule is CCCCCCCc1c(C)c(C(N)=O)c2c(C(=O)O)ccc(C(=O)O)c2c1C(N)=O.F. The minimum Gasteiger partial charge on any atom is -0.478 e. The zero-order valence-electron chi connectivity index (χ0n) is 17.5. The average molecular weight is 434 g/mol. The van der Waals surface area contributed by atoms with Crippen LogP contribution in [0.2, 0.25) is 0 Å². The summed E-state index contributed by atoms with van der Waals surface area (Å²) in [4.78, 5) is 48.4. The van der Waals surface area contributed by atoms with E-state index in [2.05, 4.69) is 6.92 Å². The lowest BCUT2D eigenvalue weighted by molar-refractivity contribution is 0.0684. The number of carbonyl (C=O) groups excluding carboxylic acids is 2. The number of carbonyl (C=O) groups is 4. The van der Waals surface area contributed by atoms with Crippen molar-refractivity contribution in [3.8, 4) is 0 Å². The normalized spacial score (nSPS) is 10.5. The standard InChI is InChI=1S/C22H26N2O6.FH/c1-3-4-5-6-7-8-12-11(2)15(19(23)25)16-13(21(27)28)9-10-14(22(29)30)17(16)18(12)20(24)26;/h9-10H,3-8H2,1-2H3,(H2,23,25)(H2,24,26)(H,27,28)(H,29,30);1H. The minimum absolute atomic E-state index is 0. The topological polar surface area (TPSA) is 161 Å². The molecular formula is C22H27FN2O6. The van der Waals surface area contributed by atoms with Crippen LogP contribution in [0.1, 0.15) is 91.6 Å². The molecule has 6 N–H and O–H groups in total. The predicted molar refractivity (Wildman–Crippen MR) is 115 cm³/mol. The highest BCUT2D eigenvalue weighted by atomic mass is 19.0. The maximum atomic E-state index is 12.4. The number of hydrogen-bond acceptors (Lipinski definition) is 4. The molecule has 0 heterocycles. The summed E-state index contributed by atoms with van der Waals surface area (Å²) in [7, 11) is 0. The van der Waals surface area contributed by atoms with Gasteiger partial charge >= 0.3 is 11.9 Å². The van der Waals surface area contributed by atoms with Crippen molar-refractivity contribution in [3.63, 3.8) is 0 Å². The van der Waals surface area contributed by atoms with Crippen LogP contribution in [0.15, 0.2) is 12.1 Å². The van der Waals surface area contributed by atoms with Crippen LogP contribution >= 0.6 is 0 Å². The summed E-state index contributed by atoms with van der Waals surface area (Å²) in [5.74, 6) is -4.52. The number of hydrogen-bond donors (Lipinski definition) is 4. The molecule has 2 aromatic carbocycles. The Bertz CT molecular complexity index is 1050. The van der Waals surface area contributed by atoms with E-state index in [0.717, 1.165) is 37.8 Å². The molecule has 0 radical (unpaired) electrons. The highest BCUT2D eigenvalue weighted by Crippen LogP contribution is 2.36. The summed E-state index contributed by atoms with van der Waals surface area (Å²) in [6.45, 7) is 3.66. The summed E-state index contributed by atoms with van der Waals surface area (Å²) < 4.78 is 0. The van der Waals surface area contributed by atoms with Crippen molar-refractivity contribution in [1.82, 2.24) is 0 Å². The molecule has 2 amide bonds. The third kappa shape index (κ3) is 4.99. The molecule has 2 aromatic rings. The first-order valence-corrected chi connectivity index (χ1v) is 9.81. The van der Waals surface area contributed by atoms with E-state index in [1.807, 2.05) is 0 Å². The second-order valence-corrected chi connectivity index (χ2v) is 7.27. The number of aromatic carboxylic acids is 2. The van der Waals surface area contributed by atoms with Crippen molar-refractivity contribution in [1.29, 1.82) is 0 Å². The molecule has 0 aliphatic rings. The predicted octanol–water partition coefficient (Wildman–Crippen LogP) is 3.41. The van der Waals surface area contributed by atoms with Gasteiger partial charge in [-0.05, 0) is 43.0 Å². The van der Waals surface area contributed by atoms with Crippen LogP contribution in [0.4, 0.5) is 4.70 Å². The number of unbranched alkanes of at least 4 members (excludes halogenated alkanes) is 4. The Hall–Kier alpha value is -3.49. The van der Waals surface area contributed by atoms with Gasteiger partial charge in [0.2, 0.25) is 11.8 Å². The summed E-state index contributed by atoms with van der Waals surface area (Å²) in [5, 5.41) is 19.0. The number of primary amides is 2. The van der Waals surface area contributed by atoms with E-state index >= 15 is 0 Å². The molecule has 0 fully saturated rings. The molecule has 0 unspecified atom stereocenters. The number of carboxylic acid groups (broad SMARTS) is 2. The van der Waals surface area contributed by atoms with Gasteiger partial charge in [0.05, 0.1) is 22.3 Å². The minimum atomic E-state index is -1.37. The number of carboxylic acids is 2. The number of rotatable bonds is 10.